The van der Waals surface area contributed by atoms with Gasteiger partial charge in [-0.25, -0.2) is 5.84 Å². The minimum atomic E-state index is 0.514. The molecule has 1 aromatic carbocycles. The Bertz CT molecular complexity index is 978. The summed E-state index contributed by atoms with van der Waals surface area (Å²) in [4.78, 5) is 4.84. The Balaban J connectivity index is 1.72. The second-order valence-electron chi connectivity index (χ2n) is 10.1. The van der Waals surface area contributed by atoms with E-state index in [2.05, 4.69) is 42.5 Å². The van der Waals surface area contributed by atoms with E-state index in [4.69, 9.17) is 10.6 Å². The van der Waals surface area contributed by atoms with Gasteiger partial charge in [-0.1, -0.05) is 31.7 Å². The van der Waals surface area contributed by atoms with E-state index in [1.54, 1.807) is 11.1 Å². The van der Waals surface area contributed by atoms with Crippen molar-refractivity contribution in [3.8, 4) is 6.07 Å². The number of hydrogen-bond donors (Lipinski definition) is 1. The van der Waals surface area contributed by atoms with E-state index in [9.17, 15) is 5.26 Å². The molecule has 0 radical (unpaired) electrons. The molecule has 1 saturated heterocycles. The van der Waals surface area contributed by atoms with Gasteiger partial charge in [0.2, 0.25) is 0 Å². The lowest BCUT2D eigenvalue weighted by Crippen LogP contribution is -2.36. The molecule has 1 aliphatic heterocycles. The van der Waals surface area contributed by atoms with Gasteiger partial charge in [0.15, 0.2) is 0 Å². The smallest absolute Gasteiger partial charge is 0.121 e. The van der Waals surface area contributed by atoms with E-state index in [0.717, 1.165) is 54.2 Å². The molecule has 1 aromatic rings. The van der Waals surface area contributed by atoms with E-state index in [1.807, 2.05) is 36.4 Å². The molecule has 37 heavy (non-hydrogen) atoms. The van der Waals surface area contributed by atoms with Gasteiger partial charge >= 0.3 is 0 Å². The molecular formula is C31H45N5O. The van der Waals surface area contributed by atoms with E-state index in [-0.39, 0.29) is 0 Å². The third kappa shape index (κ3) is 9.10. The van der Waals surface area contributed by atoms with E-state index < -0.39 is 0 Å². The van der Waals surface area contributed by atoms with Crippen LogP contribution < -0.4 is 10.9 Å². The summed E-state index contributed by atoms with van der Waals surface area (Å²) >= 11 is 0. The van der Waals surface area contributed by atoms with Gasteiger partial charge in [-0.3, -0.25) is 0 Å². The summed E-state index contributed by atoms with van der Waals surface area (Å²) in [6.07, 6.45) is 16.6. The van der Waals surface area contributed by atoms with Crippen LogP contribution in [0.5, 0.6) is 0 Å². The van der Waals surface area contributed by atoms with Gasteiger partial charge in [-0.15, -0.1) is 0 Å². The number of nitrogens with zero attached hydrogens (tertiary/aromatic N) is 4. The molecule has 1 heterocycles. The number of ether oxygens (including phenoxy) is 1. The van der Waals surface area contributed by atoms with E-state index >= 15 is 0 Å². The standard InChI is InChI=1S/C31H45N5O/c1-4-10-31(37-21-9-20-35-18-6-7-19-35)24-30(34(3)28-11-8-12-28)23-27(25-32)22-26-13-15-29(16-14-26)36(33)17-5-2/h4,10,13-16,22,24,28H,1,5-9,11-12,17-21,23,33H2,2-3H3/b27-22-,30-24+,31-10+. The lowest BCUT2D eigenvalue weighted by Gasteiger charge is -2.38. The Hall–Kier alpha value is -3.01. The first-order valence-electron chi connectivity index (χ1n) is 13.9. The van der Waals surface area contributed by atoms with Crippen molar-refractivity contribution in [1.82, 2.24) is 9.80 Å². The third-order valence-electron chi connectivity index (χ3n) is 7.30. The number of anilines is 1. The number of allylic oxidation sites excluding steroid dienone is 4. The SMILES string of the molecule is C=C/C=C(\C=C(/C/C(C#N)=C/c1ccc(N(N)CCC)cc1)N(C)C1CCC1)OCCCN1CCCC1. The van der Waals surface area contributed by atoms with E-state index in [1.165, 1.54) is 45.2 Å². The molecular weight excluding hydrogens is 458 g/mol. The predicted octanol–water partition coefficient (Wildman–Crippen LogP) is 6.01. The molecule has 6 nitrogen and oxygen atoms in total. The normalized spacial score (nSPS) is 17.3. The minimum absolute atomic E-state index is 0.514. The first-order valence-corrected chi connectivity index (χ1v) is 13.9. The lowest BCUT2D eigenvalue weighted by atomic mass is 9.90. The summed E-state index contributed by atoms with van der Waals surface area (Å²) in [5.41, 5.74) is 3.79. The second kappa shape index (κ2) is 15.3. The molecule has 0 unspecified atom stereocenters. The fourth-order valence-electron chi connectivity index (χ4n) is 4.84. The first kappa shape index (κ1) is 28.6. The fourth-order valence-corrected chi connectivity index (χ4v) is 4.84. The quantitative estimate of drug-likeness (QED) is 0.0789. The van der Waals surface area contributed by atoms with Gasteiger partial charge in [0.25, 0.3) is 0 Å². The Morgan fingerprint density at radius 3 is 2.54 bits per heavy atom. The molecule has 1 saturated carbocycles. The Labute approximate surface area is 224 Å². The monoisotopic (exact) mass is 503 g/mol. The zero-order valence-corrected chi connectivity index (χ0v) is 22.9. The lowest BCUT2D eigenvalue weighted by molar-refractivity contribution is 0.187. The van der Waals surface area contributed by atoms with Crippen molar-refractivity contribution >= 4 is 11.8 Å². The van der Waals surface area contributed by atoms with Crippen LogP contribution >= 0.6 is 0 Å². The fraction of sp³-hybridized carbons (Fsp3) is 0.516. The zero-order chi connectivity index (χ0) is 26.5. The number of nitrogens with two attached hydrogens (primary N) is 1. The average molecular weight is 504 g/mol. The van der Waals surface area contributed by atoms with Gasteiger partial charge in [0.05, 0.1) is 18.4 Å². The summed E-state index contributed by atoms with van der Waals surface area (Å²) in [5.74, 6) is 6.91. The number of hydrogen-bond acceptors (Lipinski definition) is 6. The van der Waals surface area contributed by atoms with Crippen LogP contribution in [0.25, 0.3) is 6.08 Å². The summed E-state index contributed by atoms with van der Waals surface area (Å²) in [6.45, 7) is 11.0. The largest absolute Gasteiger partial charge is 0.493 e. The van der Waals surface area contributed by atoms with Crippen molar-refractivity contribution in [2.24, 2.45) is 5.84 Å². The Morgan fingerprint density at radius 1 is 1.22 bits per heavy atom. The number of rotatable bonds is 15. The highest BCUT2D eigenvalue weighted by atomic mass is 16.5. The Kier molecular flexibility index (Phi) is 11.8. The molecule has 3 rings (SSSR count). The van der Waals surface area contributed by atoms with E-state index in [0.29, 0.717) is 19.1 Å². The zero-order valence-electron chi connectivity index (χ0n) is 22.9. The topological polar surface area (TPSA) is 68.8 Å². The van der Waals surface area contributed by atoms with Crippen LogP contribution in [-0.4, -0.2) is 55.7 Å². The van der Waals surface area contributed by atoms with Crippen LogP contribution in [0.3, 0.4) is 0 Å². The van der Waals surface area contributed by atoms with Crippen LogP contribution in [-0.2, 0) is 4.74 Å². The Morgan fingerprint density at radius 2 is 1.95 bits per heavy atom. The van der Waals surface area contributed by atoms with Crippen molar-refractivity contribution in [1.29, 1.82) is 5.26 Å². The van der Waals surface area contributed by atoms with Crippen molar-refractivity contribution in [3.05, 3.63) is 71.7 Å². The van der Waals surface area contributed by atoms with Crippen molar-refractivity contribution in [2.75, 3.05) is 44.8 Å². The molecule has 2 aliphatic rings. The molecule has 0 spiro atoms. The van der Waals surface area contributed by atoms with Gasteiger partial charge in [-0.2, -0.15) is 5.26 Å². The van der Waals surface area contributed by atoms with Gasteiger partial charge in [0, 0.05) is 43.9 Å². The van der Waals surface area contributed by atoms with Crippen LogP contribution in [0, 0.1) is 11.3 Å². The third-order valence-corrected chi connectivity index (χ3v) is 7.30. The molecule has 6 heteroatoms. The maximum absolute atomic E-state index is 10.00. The van der Waals surface area contributed by atoms with Gasteiger partial charge < -0.3 is 19.5 Å². The second-order valence-corrected chi connectivity index (χ2v) is 10.1. The summed E-state index contributed by atoms with van der Waals surface area (Å²) in [7, 11) is 2.14. The molecule has 0 aromatic heterocycles. The number of likely N-dealkylation sites (tertiary alicyclic amines) is 1. The molecule has 200 valence electrons. The van der Waals surface area contributed by atoms with Gasteiger partial charge in [-0.05, 0) is 94.0 Å². The maximum atomic E-state index is 10.00. The highest BCUT2D eigenvalue weighted by Crippen LogP contribution is 2.30. The molecule has 1 aliphatic carbocycles. The highest BCUT2D eigenvalue weighted by molar-refractivity contribution is 5.61. The number of nitriles is 1. The number of hydrazine groups is 1. The molecule has 0 bridgehead atoms. The molecule has 2 N–H and O–H groups in total. The number of benzene rings is 1. The molecule has 0 amide bonds. The first-order chi connectivity index (χ1) is 18.0. The minimum Gasteiger partial charge on any atom is -0.493 e. The maximum Gasteiger partial charge on any atom is 0.121 e. The summed E-state index contributed by atoms with van der Waals surface area (Å²) in [5, 5.41) is 11.8. The summed E-state index contributed by atoms with van der Waals surface area (Å²) < 4.78 is 6.18. The molecule has 2 fully saturated rings. The van der Waals surface area contributed by atoms with Crippen molar-refractivity contribution in [2.45, 2.75) is 64.3 Å². The van der Waals surface area contributed by atoms with Crippen LogP contribution in [0.1, 0.15) is 63.9 Å². The van der Waals surface area contributed by atoms with Gasteiger partial charge in [0.1, 0.15) is 5.76 Å². The summed E-state index contributed by atoms with van der Waals surface area (Å²) in [6, 6.07) is 11.0. The van der Waals surface area contributed by atoms with Crippen molar-refractivity contribution < 1.29 is 4.74 Å². The van der Waals surface area contributed by atoms with Crippen LogP contribution in [0.2, 0.25) is 0 Å². The molecule has 0 atom stereocenters. The highest BCUT2D eigenvalue weighted by Gasteiger charge is 2.24. The average Bonchev–Trinajstić information content (AvgIpc) is 3.38. The van der Waals surface area contributed by atoms with Crippen molar-refractivity contribution in [3.63, 3.8) is 0 Å². The van der Waals surface area contributed by atoms with Crippen LogP contribution in [0.4, 0.5) is 5.69 Å². The predicted molar refractivity (Wildman–Crippen MR) is 154 cm³/mol. The van der Waals surface area contributed by atoms with Crippen LogP contribution in [0.15, 0.2) is 66.1 Å².